The molecule has 0 saturated carbocycles. The third-order valence-electron chi connectivity index (χ3n) is 4.54. The molecule has 3 aromatic rings. The van der Waals surface area contributed by atoms with Gasteiger partial charge in [0.25, 0.3) is 0 Å². The molecule has 0 radical (unpaired) electrons. The largest absolute Gasteiger partial charge is 0.497 e. The lowest BCUT2D eigenvalue weighted by atomic mass is 10.1. The first-order valence-electron chi connectivity index (χ1n) is 8.57. The van der Waals surface area contributed by atoms with Crippen LogP contribution in [0, 0.1) is 0 Å². The molecule has 8 heteroatoms. The molecule has 8 nitrogen and oxygen atoms in total. The Kier molecular flexibility index (Phi) is 4.68. The molecule has 136 valence electrons. The molecule has 2 aromatic heterocycles. The molecular formula is C18H21N5O3. The lowest BCUT2D eigenvalue weighted by molar-refractivity contribution is 0.122. The maximum Gasteiger partial charge on any atom is 0.165 e. The van der Waals surface area contributed by atoms with Gasteiger partial charge < -0.3 is 24.0 Å². The number of fused-ring (bicyclic) bond motifs is 1. The number of benzene rings is 1. The van der Waals surface area contributed by atoms with Gasteiger partial charge in [0.1, 0.15) is 12.1 Å². The van der Waals surface area contributed by atoms with Crippen LogP contribution in [0.4, 0.5) is 5.82 Å². The lowest BCUT2D eigenvalue weighted by Crippen LogP contribution is -2.37. The van der Waals surface area contributed by atoms with Crippen molar-refractivity contribution in [1.82, 2.24) is 19.5 Å². The van der Waals surface area contributed by atoms with Crippen LogP contribution in [0.1, 0.15) is 11.7 Å². The molecule has 1 aliphatic rings. The number of aliphatic hydroxyl groups excluding tert-OH is 1. The van der Waals surface area contributed by atoms with Crippen molar-refractivity contribution in [3.05, 3.63) is 42.5 Å². The van der Waals surface area contributed by atoms with Crippen LogP contribution >= 0.6 is 0 Å². The quantitative estimate of drug-likeness (QED) is 0.740. The number of methoxy groups -OCH3 is 1. The van der Waals surface area contributed by atoms with Gasteiger partial charge >= 0.3 is 0 Å². The van der Waals surface area contributed by atoms with Crippen molar-refractivity contribution >= 4 is 17.0 Å². The van der Waals surface area contributed by atoms with E-state index in [-0.39, 0.29) is 0 Å². The summed E-state index contributed by atoms with van der Waals surface area (Å²) >= 11 is 0. The van der Waals surface area contributed by atoms with Crippen LogP contribution in [0.25, 0.3) is 11.2 Å². The Balaban J connectivity index is 1.61. The summed E-state index contributed by atoms with van der Waals surface area (Å²) in [6, 6.07) is 7.42. The van der Waals surface area contributed by atoms with E-state index >= 15 is 0 Å². The average Bonchev–Trinajstić information content (AvgIpc) is 3.11. The molecule has 0 aliphatic carbocycles. The minimum Gasteiger partial charge on any atom is -0.497 e. The molecule has 1 saturated heterocycles. The van der Waals surface area contributed by atoms with Gasteiger partial charge in [0.15, 0.2) is 17.0 Å². The summed E-state index contributed by atoms with van der Waals surface area (Å²) < 4.78 is 12.5. The number of morpholine rings is 1. The monoisotopic (exact) mass is 355 g/mol. The molecule has 1 aliphatic heterocycles. The Hall–Kier alpha value is -2.71. The van der Waals surface area contributed by atoms with E-state index in [4.69, 9.17) is 9.47 Å². The second-order valence-electron chi connectivity index (χ2n) is 6.16. The van der Waals surface area contributed by atoms with E-state index in [0.29, 0.717) is 31.2 Å². The van der Waals surface area contributed by atoms with Gasteiger partial charge in [-0.1, -0.05) is 12.1 Å². The number of ether oxygens (including phenoxy) is 2. The summed E-state index contributed by atoms with van der Waals surface area (Å²) in [4.78, 5) is 15.4. The first-order valence-corrected chi connectivity index (χ1v) is 8.57. The second-order valence-corrected chi connectivity index (χ2v) is 6.16. The third kappa shape index (κ3) is 3.21. The van der Waals surface area contributed by atoms with Crippen molar-refractivity contribution in [2.24, 2.45) is 0 Å². The van der Waals surface area contributed by atoms with E-state index < -0.39 is 6.10 Å². The molecule has 0 amide bonds. The van der Waals surface area contributed by atoms with Gasteiger partial charge in [0.05, 0.1) is 39.3 Å². The molecule has 1 N–H and O–H groups in total. The van der Waals surface area contributed by atoms with Crippen LogP contribution in [-0.2, 0) is 11.3 Å². The highest BCUT2D eigenvalue weighted by Gasteiger charge is 2.19. The van der Waals surface area contributed by atoms with Gasteiger partial charge in [-0.3, -0.25) is 0 Å². The Morgan fingerprint density at radius 1 is 1.23 bits per heavy atom. The zero-order chi connectivity index (χ0) is 17.9. The fraction of sp³-hybridized carbons (Fsp3) is 0.389. The van der Waals surface area contributed by atoms with E-state index in [1.165, 1.54) is 0 Å². The molecule has 1 fully saturated rings. The van der Waals surface area contributed by atoms with E-state index in [0.717, 1.165) is 30.0 Å². The summed E-state index contributed by atoms with van der Waals surface area (Å²) in [5.74, 6) is 1.53. The molecule has 1 aromatic carbocycles. The SMILES string of the molecule is COc1cccc(C(O)Cn2cnc3c(N4CCOCC4)ncnc32)c1. The minimum atomic E-state index is -0.690. The highest BCUT2D eigenvalue weighted by atomic mass is 16.5. The Labute approximate surface area is 151 Å². The summed E-state index contributed by atoms with van der Waals surface area (Å²) in [6.07, 6.45) is 2.56. The maximum atomic E-state index is 10.6. The Morgan fingerprint density at radius 2 is 2.08 bits per heavy atom. The van der Waals surface area contributed by atoms with Gasteiger partial charge in [0, 0.05) is 13.1 Å². The van der Waals surface area contributed by atoms with E-state index in [9.17, 15) is 5.11 Å². The number of rotatable bonds is 5. The molecule has 26 heavy (non-hydrogen) atoms. The van der Waals surface area contributed by atoms with Crippen molar-refractivity contribution in [2.45, 2.75) is 12.6 Å². The predicted octanol–water partition coefficient (Wildman–Crippen LogP) is 1.41. The van der Waals surface area contributed by atoms with Crippen LogP contribution in [0.2, 0.25) is 0 Å². The number of hydrogen-bond donors (Lipinski definition) is 1. The van der Waals surface area contributed by atoms with Crippen molar-refractivity contribution in [3.8, 4) is 5.75 Å². The number of imidazole rings is 1. The zero-order valence-corrected chi connectivity index (χ0v) is 14.6. The van der Waals surface area contributed by atoms with Gasteiger partial charge in [-0.15, -0.1) is 0 Å². The molecule has 0 bridgehead atoms. The first-order chi connectivity index (χ1) is 12.8. The molecular weight excluding hydrogens is 334 g/mol. The van der Waals surface area contributed by atoms with Crippen LogP contribution in [0.15, 0.2) is 36.9 Å². The number of nitrogens with zero attached hydrogens (tertiary/aromatic N) is 5. The number of aliphatic hydroxyl groups is 1. The fourth-order valence-electron chi connectivity index (χ4n) is 3.15. The van der Waals surface area contributed by atoms with E-state index in [2.05, 4.69) is 19.9 Å². The highest BCUT2D eigenvalue weighted by molar-refractivity contribution is 5.83. The lowest BCUT2D eigenvalue weighted by Gasteiger charge is -2.27. The maximum absolute atomic E-state index is 10.6. The van der Waals surface area contributed by atoms with Crippen LogP contribution in [0.5, 0.6) is 5.75 Å². The van der Waals surface area contributed by atoms with Crippen molar-refractivity contribution in [3.63, 3.8) is 0 Å². The van der Waals surface area contributed by atoms with Gasteiger partial charge in [-0.05, 0) is 17.7 Å². The first kappa shape index (κ1) is 16.7. The molecule has 1 unspecified atom stereocenters. The number of anilines is 1. The summed E-state index contributed by atoms with van der Waals surface area (Å²) in [7, 11) is 1.61. The smallest absolute Gasteiger partial charge is 0.165 e. The van der Waals surface area contributed by atoms with Crippen LogP contribution in [-0.4, -0.2) is 58.0 Å². The topological polar surface area (TPSA) is 85.5 Å². The Bertz CT molecular complexity index is 891. The Morgan fingerprint density at radius 3 is 2.88 bits per heavy atom. The molecule has 3 heterocycles. The standard InChI is InChI=1S/C18H21N5O3/c1-25-14-4-2-3-13(9-14)15(24)10-23-12-21-16-17(19-11-20-18(16)23)22-5-7-26-8-6-22/h2-4,9,11-12,15,24H,5-8,10H2,1H3. The number of hydrogen-bond acceptors (Lipinski definition) is 7. The van der Waals surface area contributed by atoms with Crippen molar-refractivity contribution in [1.29, 1.82) is 0 Å². The minimum absolute atomic E-state index is 0.350. The summed E-state index contributed by atoms with van der Waals surface area (Å²) in [6.45, 7) is 3.28. The second kappa shape index (κ2) is 7.27. The van der Waals surface area contributed by atoms with Crippen LogP contribution in [0.3, 0.4) is 0 Å². The normalized spacial score (nSPS) is 16.0. The van der Waals surface area contributed by atoms with Crippen molar-refractivity contribution < 1.29 is 14.6 Å². The van der Waals surface area contributed by atoms with E-state index in [1.807, 2.05) is 28.8 Å². The average molecular weight is 355 g/mol. The van der Waals surface area contributed by atoms with Gasteiger partial charge in [0.2, 0.25) is 0 Å². The third-order valence-corrected chi connectivity index (χ3v) is 4.54. The predicted molar refractivity (Wildman–Crippen MR) is 96.3 cm³/mol. The van der Waals surface area contributed by atoms with Crippen molar-refractivity contribution in [2.75, 3.05) is 38.3 Å². The summed E-state index contributed by atoms with van der Waals surface area (Å²) in [5, 5.41) is 10.6. The van der Waals surface area contributed by atoms with E-state index in [1.54, 1.807) is 19.8 Å². The number of aromatic nitrogens is 4. The van der Waals surface area contributed by atoms with Gasteiger partial charge in [-0.25, -0.2) is 15.0 Å². The molecule has 1 atom stereocenters. The fourth-order valence-corrected chi connectivity index (χ4v) is 3.15. The van der Waals surface area contributed by atoms with Crippen LogP contribution < -0.4 is 9.64 Å². The molecule has 0 spiro atoms. The summed E-state index contributed by atoms with van der Waals surface area (Å²) in [5.41, 5.74) is 2.24. The molecule has 4 rings (SSSR count). The zero-order valence-electron chi connectivity index (χ0n) is 14.6. The van der Waals surface area contributed by atoms with Gasteiger partial charge in [-0.2, -0.15) is 0 Å². The highest BCUT2D eigenvalue weighted by Crippen LogP contribution is 2.25.